The summed E-state index contributed by atoms with van der Waals surface area (Å²) in [7, 11) is 1.67. The fraction of sp³-hybridized carbons (Fsp3) is 0.588. The monoisotopic (exact) mass is 314 g/mol. The van der Waals surface area contributed by atoms with Crippen LogP contribution in [0.2, 0.25) is 0 Å². The smallest absolute Gasteiger partial charge is 0.231 e. The summed E-state index contributed by atoms with van der Waals surface area (Å²) in [5.41, 5.74) is 0.290. The van der Waals surface area contributed by atoms with Crippen LogP contribution in [-0.2, 0) is 9.53 Å². The molecule has 1 aromatic rings. The standard InChI is InChI=1S/C17H22N4O2/c1-23-13-17(5-2-6-17)16(22)21-9-7-20(8-10-21)15-4-3-14(11-18)12-19-15/h3-4,12H,2,5-10,13H2,1H3. The maximum atomic E-state index is 12.8. The first-order valence-corrected chi connectivity index (χ1v) is 8.08. The first-order valence-electron chi connectivity index (χ1n) is 8.08. The first kappa shape index (κ1) is 15.8. The van der Waals surface area contributed by atoms with Crippen LogP contribution in [0.15, 0.2) is 18.3 Å². The number of ether oxygens (including phenoxy) is 1. The van der Waals surface area contributed by atoms with Crippen LogP contribution in [0.25, 0.3) is 0 Å². The molecule has 6 heteroatoms. The highest BCUT2D eigenvalue weighted by molar-refractivity contribution is 5.84. The number of amides is 1. The van der Waals surface area contributed by atoms with Crippen molar-refractivity contribution >= 4 is 11.7 Å². The van der Waals surface area contributed by atoms with Gasteiger partial charge in [0.1, 0.15) is 11.9 Å². The molecule has 2 heterocycles. The largest absolute Gasteiger partial charge is 0.384 e. The van der Waals surface area contributed by atoms with Crippen molar-refractivity contribution in [3.05, 3.63) is 23.9 Å². The third kappa shape index (κ3) is 3.02. The van der Waals surface area contributed by atoms with Gasteiger partial charge in [-0.15, -0.1) is 0 Å². The number of rotatable bonds is 4. The molecule has 2 fully saturated rings. The van der Waals surface area contributed by atoms with Crippen LogP contribution < -0.4 is 4.90 Å². The Bertz CT molecular complexity index is 596. The SMILES string of the molecule is COCC1(C(=O)N2CCN(c3ccc(C#N)cn3)CC2)CCC1. The molecule has 0 aromatic carbocycles. The Kier molecular flexibility index (Phi) is 4.49. The lowest BCUT2D eigenvalue weighted by Crippen LogP contribution is -2.56. The topological polar surface area (TPSA) is 69.5 Å². The molecule has 0 spiro atoms. The molecule has 3 rings (SSSR count). The summed E-state index contributed by atoms with van der Waals surface area (Å²) in [5, 5.41) is 8.83. The quantitative estimate of drug-likeness (QED) is 0.840. The van der Waals surface area contributed by atoms with E-state index in [-0.39, 0.29) is 11.3 Å². The van der Waals surface area contributed by atoms with Crippen LogP contribution in [0.3, 0.4) is 0 Å². The minimum absolute atomic E-state index is 0.248. The highest BCUT2D eigenvalue weighted by atomic mass is 16.5. The highest BCUT2D eigenvalue weighted by Gasteiger charge is 2.46. The van der Waals surface area contributed by atoms with Crippen LogP contribution in [0.4, 0.5) is 5.82 Å². The second kappa shape index (κ2) is 6.55. The Labute approximate surface area is 136 Å². The molecule has 2 aliphatic rings. The van der Waals surface area contributed by atoms with Crippen molar-refractivity contribution < 1.29 is 9.53 Å². The van der Waals surface area contributed by atoms with E-state index in [1.54, 1.807) is 19.4 Å². The number of aromatic nitrogens is 1. The van der Waals surface area contributed by atoms with Crippen molar-refractivity contribution in [2.45, 2.75) is 19.3 Å². The Morgan fingerprint density at radius 1 is 1.35 bits per heavy atom. The summed E-state index contributed by atoms with van der Waals surface area (Å²) in [4.78, 5) is 21.3. The first-order chi connectivity index (χ1) is 11.2. The zero-order chi connectivity index (χ0) is 16.3. The van der Waals surface area contributed by atoms with Gasteiger partial charge in [-0.25, -0.2) is 4.98 Å². The molecule has 0 unspecified atom stereocenters. The highest BCUT2D eigenvalue weighted by Crippen LogP contribution is 2.42. The summed E-state index contributed by atoms with van der Waals surface area (Å²) < 4.78 is 5.28. The van der Waals surface area contributed by atoms with Gasteiger partial charge < -0.3 is 14.5 Å². The lowest BCUT2D eigenvalue weighted by molar-refractivity contribution is -0.152. The van der Waals surface area contributed by atoms with Gasteiger partial charge in [0.2, 0.25) is 5.91 Å². The van der Waals surface area contributed by atoms with Crippen LogP contribution in [0.1, 0.15) is 24.8 Å². The van der Waals surface area contributed by atoms with Crippen molar-refractivity contribution in [3.63, 3.8) is 0 Å². The second-order valence-corrected chi connectivity index (χ2v) is 6.36. The molecule has 0 atom stereocenters. The van der Waals surface area contributed by atoms with E-state index in [2.05, 4.69) is 16.0 Å². The molecule has 0 bridgehead atoms. The maximum absolute atomic E-state index is 12.8. The lowest BCUT2D eigenvalue weighted by atomic mass is 9.68. The zero-order valence-electron chi connectivity index (χ0n) is 13.5. The number of hydrogen-bond donors (Lipinski definition) is 0. The normalized spacial score (nSPS) is 19.8. The number of piperazine rings is 1. The van der Waals surface area contributed by atoms with Crippen LogP contribution in [0.5, 0.6) is 0 Å². The van der Waals surface area contributed by atoms with Gasteiger partial charge in [0.15, 0.2) is 0 Å². The van der Waals surface area contributed by atoms with Gasteiger partial charge in [0.05, 0.1) is 17.6 Å². The van der Waals surface area contributed by atoms with Gasteiger partial charge in [-0.2, -0.15) is 5.26 Å². The third-order valence-corrected chi connectivity index (χ3v) is 4.95. The van der Waals surface area contributed by atoms with Crippen molar-refractivity contribution in [2.24, 2.45) is 5.41 Å². The predicted molar refractivity (Wildman–Crippen MR) is 85.9 cm³/mol. The Balaban J connectivity index is 1.59. The van der Waals surface area contributed by atoms with Crippen molar-refractivity contribution in [1.82, 2.24) is 9.88 Å². The summed E-state index contributed by atoms with van der Waals surface area (Å²) in [6, 6.07) is 5.72. The van der Waals surface area contributed by atoms with Crippen LogP contribution >= 0.6 is 0 Å². The van der Waals surface area contributed by atoms with E-state index in [0.29, 0.717) is 25.3 Å². The molecule has 1 aliphatic heterocycles. The number of nitriles is 1. The van der Waals surface area contributed by atoms with E-state index >= 15 is 0 Å². The molecule has 122 valence electrons. The molecular formula is C17H22N4O2. The van der Waals surface area contributed by atoms with Crippen LogP contribution in [-0.4, -0.2) is 55.7 Å². The minimum Gasteiger partial charge on any atom is -0.384 e. The van der Waals surface area contributed by atoms with E-state index in [1.807, 2.05) is 11.0 Å². The fourth-order valence-electron chi connectivity index (χ4n) is 3.41. The summed E-state index contributed by atoms with van der Waals surface area (Å²) in [5.74, 6) is 1.12. The summed E-state index contributed by atoms with van der Waals surface area (Å²) >= 11 is 0. The van der Waals surface area contributed by atoms with Gasteiger partial charge in [-0.05, 0) is 25.0 Å². The number of carbonyl (C=O) groups is 1. The van der Waals surface area contributed by atoms with Gasteiger partial charge in [-0.1, -0.05) is 6.42 Å². The fourth-order valence-corrected chi connectivity index (χ4v) is 3.41. The Morgan fingerprint density at radius 2 is 2.09 bits per heavy atom. The zero-order valence-corrected chi connectivity index (χ0v) is 13.5. The predicted octanol–water partition coefficient (Wildman–Crippen LogP) is 1.42. The van der Waals surface area contributed by atoms with E-state index in [4.69, 9.17) is 10.00 Å². The Morgan fingerprint density at radius 3 is 2.57 bits per heavy atom. The molecule has 6 nitrogen and oxygen atoms in total. The number of hydrogen-bond acceptors (Lipinski definition) is 5. The van der Waals surface area contributed by atoms with Gasteiger partial charge in [-0.3, -0.25) is 4.79 Å². The van der Waals surface area contributed by atoms with Crippen molar-refractivity contribution in [2.75, 3.05) is 44.8 Å². The molecule has 1 aromatic heterocycles. The number of methoxy groups -OCH3 is 1. The molecular weight excluding hydrogens is 292 g/mol. The molecule has 1 saturated heterocycles. The molecule has 1 aliphatic carbocycles. The second-order valence-electron chi connectivity index (χ2n) is 6.36. The number of pyridine rings is 1. The molecule has 0 radical (unpaired) electrons. The van der Waals surface area contributed by atoms with Gasteiger partial charge in [0.25, 0.3) is 0 Å². The molecule has 0 N–H and O–H groups in total. The van der Waals surface area contributed by atoms with E-state index < -0.39 is 0 Å². The van der Waals surface area contributed by atoms with E-state index in [0.717, 1.165) is 38.2 Å². The minimum atomic E-state index is -0.274. The molecule has 1 amide bonds. The van der Waals surface area contributed by atoms with Crippen molar-refractivity contribution in [1.29, 1.82) is 5.26 Å². The average Bonchev–Trinajstić information content (AvgIpc) is 2.58. The maximum Gasteiger partial charge on any atom is 0.231 e. The molecule has 1 saturated carbocycles. The van der Waals surface area contributed by atoms with E-state index in [1.165, 1.54) is 0 Å². The lowest BCUT2D eigenvalue weighted by Gasteiger charge is -2.45. The Hall–Kier alpha value is -2.13. The van der Waals surface area contributed by atoms with Gasteiger partial charge >= 0.3 is 0 Å². The van der Waals surface area contributed by atoms with Crippen molar-refractivity contribution in [3.8, 4) is 6.07 Å². The number of nitrogens with zero attached hydrogens (tertiary/aromatic N) is 4. The summed E-state index contributed by atoms with van der Waals surface area (Å²) in [6.45, 7) is 3.50. The van der Waals surface area contributed by atoms with Gasteiger partial charge in [0, 0.05) is 39.5 Å². The average molecular weight is 314 g/mol. The molecule has 23 heavy (non-hydrogen) atoms. The number of anilines is 1. The summed E-state index contributed by atoms with van der Waals surface area (Å²) in [6.07, 6.45) is 4.59. The van der Waals surface area contributed by atoms with Crippen LogP contribution in [0, 0.1) is 16.7 Å². The van der Waals surface area contributed by atoms with E-state index in [9.17, 15) is 4.79 Å². The number of carbonyl (C=O) groups excluding carboxylic acids is 1. The third-order valence-electron chi connectivity index (χ3n) is 4.95.